The molecule has 2 aliphatic heterocycles. The number of benzene rings is 4. The van der Waals surface area contributed by atoms with Gasteiger partial charge in [-0.15, -0.1) is 0 Å². The van der Waals surface area contributed by atoms with Gasteiger partial charge in [0.1, 0.15) is 22.5 Å². The third-order valence-electron chi connectivity index (χ3n) is 9.10. The number of carbonyl (C=O) groups is 2. The molecule has 49 heavy (non-hydrogen) atoms. The van der Waals surface area contributed by atoms with Crippen molar-refractivity contribution in [2.45, 2.75) is 13.8 Å². The van der Waals surface area contributed by atoms with Gasteiger partial charge in [-0.05, 0) is 61.9 Å². The minimum Gasteiger partial charge on any atom is -0.545 e. The first kappa shape index (κ1) is 34.6. The maximum Gasteiger partial charge on any atom is 1.00 e. The van der Waals surface area contributed by atoms with Crippen LogP contribution < -0.4 is 77.3 Å². The van der Waals surface area contributed by atoms with Crippen LogP contribution in [0.5, 0.6) is 0 Å². The van der Waals surface area contributed by atoms with E-state index in [0.29, 0.717) is 70.6 Å². The summed E-state index contributed by atoms with van der Waals surface area (Å²) in [6.07, 6.45) is 0. The van der Waals surface area contributed by atoms with Crippen molar-refractivity contribution in [1.29, 1.82) is 0 Å². The quantitative estimate of drug-likeness (QED) is 0.141. The molecule has 4 aromatic rings. The van der Waals surface area contributed by atoms with E-state index in [4.69, 9.17) is 8.83 Å². The normalized spacial score (nSPS) is 13.1. The second-order valence-corrected chi connectivity index (χ2v) is 11.8. The molecule has 1 aliphatic carbocycles. The van der Waals surface area contributed by atoms with Crippen LogP contribution in [0.3, 0.4) is 0 Å². The Hall–Kier alpha value is -4.26. The van der Waals surface area contributed by atoms with E-state index in [1.807, 2.05) is 36.4 Å². The molecule has 3 aliphatic rings. The van der Waals surface area contributed by atoms with Gasteiger partial charge in [-0.3, -0.25) is 9.59 Å². The van der Waals surface area contributed by atoms with Gasteiger partial charge in [0.25, 0.3) is 5.91 Å². The van der Waals surface area contributed by atoms with Crippen LogP contribution in [0.2, 0.25) is 0 Å². The van der Waals surface area contributed by atoms with Gasteiger partial charge in [-0.2, -0.15) is 0 Å². The van der Waals surface area contributed by atoms with Crippen LogP contribution in [0, 0.1) is 0 Å². The third kappa shape index (κ3) is 6.56. The summed E-state index contributed by atoms with van der Waals surface area (Å²) in [6, 6.07) is 24.0. The summed E-state index contributed by atoms with van der Waals surface area (Å²) in [6.45, 7) is 7.53. The van der Waals surface area contributed by atoms with Gasteiger partial charge in [-0.1, -0.05) is 24.3 Å². The number of carbonyl (C=O) groups excluding carboxylic acids is 2. The van der Waals surface area contributed by atoms with E-state index in [0.717, 1.165) is 24.5 Å². The SMILES string of the molecule is CCN(CC)c1ccc2cc(C(=O)N3CCN(c4ccc5c(-c6ccccc6C(=O)[O-])c6ccc(=O)cc-6oc5c4)CC3)c(=O)oc2c1.[K+]. The minimum atomic E-state index is -1.30. The third-order valence-corrected chi connectivity index (χ3v) is 9.10. The van der Waals surface area contributed by atoms with E-state index >= 15 is 0 Å². The fourth-order valence-corrected chi connectivity index (χ4v) is 6.60. The molecule has 0 atom stereocenters. The number of amides is 1. The second-order valence-electron chi connectivity index (χ2n) is 11.8. The first-order valence-electron chi connectivity index (χ1n) is 15.9. The van der Waals surface area contributed by atoms with Crippen LogP contribution in [-0.4, -0.2) is 56.0 Å². The van der Waals surface area contributed by atoms with Crippen LogP contribution in [0.1, 0.15) is 34.6 Å². The maximum atomic E-state index is 13.5. The average Bonchev–Trinajstić information content (AvgIpc) is 3.10. The monoisotopic (exact) mass is 681 g/mol. The summed E-state index contributed by atoms with van der Waals surface area (Å²) in [7, 11) is 0. The van der Waals surface area contributed by atoms with E-state index in [2.05, 4.69) is 23.6 Å². The van der Waals surface area contributed by atoms with Crippen molar-refractivity contribution < 1.29 is 74.9 Å². The van der Waals surface area contributed by atoms with Crippen molar-refractivity contribution in [3.63, 3.8) is 0 Å². The van der Waals surface area contributed by atoms with E-state index < -0.39 is 11.6 Å². The standard InChI is InChI=1S/C38H33N3O7.K/c1-3-39(4-2)24-10-9-23-19-31(38(46)48-32(23)20-24)36(43)41-17-15-40(16-18-41)25-11-13-29-33(21-25)47-34-22-26(42)12-14-30(34)35(29)27-7-5-6-8-28(27)37(44)45;/h5-14,19-22H,3-4,15-18H2,1-2H3,(H,44,45);/q;+1/p-1. The Morgan fingerprint density at radius 3 is 2.27 bits per heavy atom. The van der Waals surface area contributed by atoms with Gasteiger partial charge < -0.3 is 33.4 Å². The predicted octanol–water partition coefficient (Wildman–Crippen LogP) is 1.85. The molecule has 0 unspecified atom stereocenters. The van der Waals surface area contributed by atoms with Crippen LogP contribution in [0.25, 0.3) is 44.4 Å². The second kappa shape index (κ2) is 14.3. The van der Waals surface area contributed by atoms with Gasteiger partial charge in [0, 0.05) is 96.3 Å². The van der Waals surface area contributed by atoms with Crippen molar-refractivity contribution in [2.24, 2.45) is 0 Å². The van der Waals surface area contributed by atoms with Crippen molar-refractivity contribution in [1.82, 2.24) is 4.90 Å². The van der Waals surface area contributed by atoms with Crippen LogP contribution in [0.4, 0.5) is 11.4 Å². The molecule has 10 nitrogen and oxygen atoms in total. The van der Waals surface area contributed by atoms with Crippen LogP contribution in [0.15, 0.2) is 103 Å². The predicted molar refractivity (Wildman–Crippen MR) is 183 cm³/mol. The van der Waals surface area contributed by atoms with E-state index in [1.165, 1.54) is 18.2 Å². The summed E-state index contributed by atoms with van der Waals surface area (Å²) in [5, 5.41) is 13.4. The Labute approximate surface area is 324 Å². The maximum absolute atomic E-state index is 13.5. The molecule has 0 bridgehead atoms. The summed E-state index contributed by atoms with van der Waals surface area (Å²) in [4.78, 5) is 56.7. The number of rotatable bonds is 7. The molecule has 1 aromatic heterocycles. The van der Waals surface area contributed by atoms with Gasteiger partial charge in [0.2, 0.25) is 0 Å². The van der Waals surface area contributed by atoms with Crippen LogP contribution >= 0.6 is 0 Å². The Morgan fingerprint density at radius 2 is 1.53 bits per heavy atom. The van der Waals surface area contributed by atoms with Crippen molar-refractivity contribution in [2.75, 3.05) is 49.1 Å². The van der Waals surface area contributed by atoms with Gasteiger partial charge in [0.05, 0.1) is 5.97 Å². The fourth-order valence-electron chi connectivity index (χ4n) is 6.60. The number of fused-ring (bicyclic) bond motifs is 3. The van der Waals surface area contributed by atoms with Crippen molar-refractivity contribution >= 4 is 45.2 Å². The van der Waals surface area contributed by atoms with E-state index in [-0.39, 0.29) is 73.8 Å². The molecule has 0 N–H and O–H groups in total. The fraction of sp³-hybridized carbons (Fsp3) is 0.211. The van der Waals surface area contributed by atoms with E-state index in [9.17, 15) is 24.3 Å². The Morgan fingerprint density at radius 1 is 0.776 bits per heavy atom. The molecular weight excluding hydrogens is 650 g/mol. The zero-order valence-electron chi connectivity index (χ0n) is 27.5. The number of nitrogens with zero attached hydrogens (tertiary/aromatic N) is 3. The molecule has 1 amide bonds. The Bertz CT molecular complexity index is 2300. The number of hydrogen-bond acceptors (Lipinski definition) is 9. The number of carboxylic acid groups (broad SMARTS) is 1. The topological polar surface area (TPSA) is 127 Å². The van der Waals surface area contributed by atoms with Gasteiger partial charge in [0.15, 0.2) is 5.43 Å². The van der Waals surface area contributed by atoms with E-state index in [1.54, 1.807) is 35.2 Å². The van der Waals surface area contributed by atoms with Gasteiger partial charge >= 0.3 is 57.0 Å². The van der Waals surface area contributed by atoms with Crippen molar-refractivity contribution in [3.8, 4) is 22.5 Å². The summed E-state index contributed by atoms with van der Waals surface area (Å²) >= 11 is 0. The summed E-state index contributed by atoms with van der Waals surface area (Å²) in [5.74, 6) is -1.34. The summed E-state index contributed by atoms with van der Waals surface area (Å²) in [5.41, 5.74) is 3.56. The number of anilines is 2. The molecule has 242 valence electrons. The Kier molecular flexibility index (Phi) is 10.1. The number of hydrogen-bond donors (Lipinski definition) is 0. The zero-order valence-corrected chi connectivity index (χ0v) is 30.6. The smallest absolute Gasteiger partial charge is 0.545 e. The first-order valence-corrected chi connectivity index (χ1v) is 15.9. The zero-order chi connectivity index (χ0) is 33.5. The minimum absolute atomic E-state index is 0. The molecule has 0 radical (unpaired) electrons. The number of carboxylic acids is 1. The molecule has 1 saturated heterocycles. The molecule has 11 heteroatoms. The number of aromatic carboxylic acids is 1. The Balaban J connectivity index is 0.00000417. The molecule has 3 heterocycles. The van der Waals surface area contributed by atoms with Crippen molar-refractivity contribution in [3.05, 3.63) is 117 Å². The summed E-state index contributed by atoms with van der Waals surface area (Å²) < 4.78 is 11.8. The molecule has 0 saturated carbocycles. The largest absolute Gasteiger partial charge is 1.00 e. The van der Waals surface area contributed by atoms with Gasteiger partial charge in [-0.25, -0.2) is 4.79 Å². The molecular formula is C38H32KN3O7. The first-order chi connectivity index (χ1) is 23.2. The number of piperazine rings is 1. The molecule has 3 aromatic carbocycles. The van der Waals surface area contributed by atoms with Crippen LogP contribution in [-0.2, 0) is 0 Å². The molecule has 0 spiro atoms. The molecule has 7 rings (SSSR count). The molecule has 1 fully saturated rings. The average molecular weight is 682 g/mol.